The van der Waals surface area contributed by atoms with Gasteiger partial charge in [-0.15, -0.1) is 0 Å². The highest BCUT2D eigenvalue weighted by Crippen LogP contribution is 2.40. The molecule has 0 radical (unpaired) electrons. The van der Waals surface area contributed by atoms with Crippen LogP contribution in [0.15, 0.2) is 35.9 Å². The summed E-state index contributed by atoms with van der Waals surface area (Å²) in [6, 6.07) is 9.02. The van der Waals surface area contributed by atoms with Crippen LogP contribution in [0.3, 0.4) is 0 Å². The second kappa shape index (κ2) is 7.84. The normalized spacial score (nSPS) is 33.2. The highest BCUT2D eigenvalue weighted by Gasteiger charge is 2.48. The number of nitrogens with zero attached hydrogens (tertiary/aromatic N) is 1. The van der Waals surface area contributed by atoms with Gasteiger partial charge in [0.15, 0.2) is 10.9 Å². The van der Waals surface area contributed by atoms with Crippen molar-refractivity contribution in [2.45, 2.75) is 57.5 Å². The Hall–Kier alpha value is -1.72. The van der Waals surface area contributed by atoms with E-state index in [1.54, 1.807) is 12.5 Å². The van der Waals surface area contributed by atoms with E-state index in [1.807, 2.05) is 29.2 Å². The summed E-state index contributed by atoms with van der Waals surface area (Å²) in [7, 11) is 0. The largest absolute Gasteiger partial charge is 0.342 e. The van der Waals surface area contributed by atoms with E-state index in [9.17, 15) is 4.79 Å². The molecular formula is C24H32N3OS+. The van der Waals surface area contributed by atoms with Crippen LogP contribution >= 0.6 is 12.2 Å². The lowest BCUT2D eigenvalue weighted by atomic mass is 9.68. The van der Waals surface area contributed by atoms with Crippen molar-refractivity contribution in [2.75, 3.05) is 25.0 Å². The number of carbonyl (C=O) groups is 1. The van der Waals surface area contributed by atoms with Crippen LogP contribution in [-0.4, -0.2) is 47.5 Å². The van der Waals surface area contributed by atoms with Crippen molar-refractivity contribution in [3.8, 4) is 0 Å². The molecule has 1 aliphatic carbocycles. The maximum absolute atomic E-state index is 11.5. The smallest absolute Gasteiger partial charge is 0.173 e. The lowest BCUT2D eigenvalue weighted by Crippen LogP contribution is -3.19. The molecule has 3 aliphatic heterocycles. The Bertz CT molecular complexity index is 833. The fraction of sp³-hybridized carbons (Fsp3) is 0.583. The number of hydrogen-bond acceptors (Lipinski definition) is 2. The Labute approximate surface area is 179 Å². The monoisotopic (exact) mass is 410 g/mol. The molecule has 3 heterocycles. The molecule has 0 aromatic heterocycles. The van der Waals surface area contributed by atoms with Crippen molar-refractivity contribution in [1.82, 2.24) is 4.90 Å². The van der Waals surface area contributed by atoms with Crippen LogP contribution in [0.4, 0.5) is 5.69 Å². The summed E-state index contributed by atoms with van der Waals surface area (Å²) in [6.07, 6.45) is 10.7. The summed E-state index contributed by atoms with van der Waals surface area (Å²) in [5, 5.41) is 4.29. The number of Topliss-reactive ketones (excluding diaryl/α,β-unsaturated/α-hetero) is 1. The SMILES string of the molecule is CC(=O)c1ccc(NC(=S)N2CCCC3=C[C@H]4C[C@H](C[NH+]5CCCC[C@H]45)[C@H]32)cc1. The topological polar surface area (TPSA) is 36.8 Å². The molecule has 4 nitrogen and oxygen atoms in total. The molecule has 1 unspecified atom stereocenters. The summed E-state index contributed by atoms with van der Waals surface area (Å²) < 4.78 is 0. The van der Waals surface area contributed by atoms with Crippen molar-refractivity contribution in [3.05, 3.63) is 41.5 Å². The van der Waals surface area contributed by atoms with E-state index in [0.29, 0.717) is 6.04 Å². The minimum Gasteiger partial charge on any atom is -0.342 e. The summed E-state index contributed by atoms with van der Waals surface area (Å²) in [4.78, 5) is 15.8. The standard InChI is InChI=1S/C24H31N3OS/c1-16(28)17-7-9-21(10-8-17)25-24(29)27-12-4-5-18-13-19-14-20(23(18)27)15-26-11-3-2-6-22(19)26/h7-10,13,19-20,22-23H,2-6,11-12,14-15H2,1H3,(H,25,29)/p+1/t19-,20+,22+,23-/m0/s1. The third kappa shape index (κ3) is 3.64. The first-order valence-electron chi connectivity index (χ1n) is 11.3. The number of piperidine rings is 3. The number of rotatable bonds is 2. The van der Waals surface area contributed by atoms with Gasteiger partial charge >= 0.3 is 0 Å². The molecule has 1 aromatic carbocycles. The van der Waals surface area contributed by atoms with Crippen molar-refractivity contribution < 1.29 is 9.69 Å². The summed E-state index contributed by atoms with van der Waals surface area (Å²) in [6.45, 7) is 5.32. The molecule has 0 spiro atoms. The number of quaternary nitrogens is 1. The van der Waals surface area contributed by atoms with Gasteiger partial charge < -0.3 is 15.1 Å². The lowest BCUT2D eigenvalue weighted by Gasteiger charge is -2.53. The second-order valence-corrected chi connectivity index (χ2v) is 9.81. The van der Waals surface area contributed by atoms with Crippen molar-refractivity contribution >= 4 is 28.8 Å². The van der Waals surface area contributed by atoms with Gasteiger partial charge in [-0.05, 0) is 75.5 Å². The Morgan fingerprint density at radius 1 is 1.21 bits per heavy atom. The molecule has 0 amide bonds. The number of likely N-dealkylation sites (tertiary alicyclic amines) is 1. The van der Waals surface area contributed by atoms with E-state index in [-0.39, 0.29) is 5.78 Å². The molecule has 5 rings (SSSR count). The van der Waals surface area contributed by atoms with Crippen LogP contribution in [0.25, 0.3) is 0 Å². The molecule has 2 bridgehead atoms. The van der Waals surface area contributed by atoms with Gasteiger partial charge in [-0.3, -0.25) is 4.79 Å². The molecule has 4 aliphatic rings. The zero-order valence-corrected chi connectivity index (χ0v) is 18.1. The van der Waals surface area contributed by atoms with Gasteiger partial charge in [-0.25, -0.2) is 0 Å². The third-order valence-corrected chi connectivity index (χ3v) is 8.00. The third-order valence-electron chi connectivity index (χ3n) is 7.66. The van der Waals surface area contributed by atoms with Crippen LogP contribution in [0.1, 0.15) is 55.8 Å². The van der Waals surface area contributed by atoms with E-state index < -0.39 is 0 Å². The Kier molecular flexibility index (Phi) is 5.21. The molecule has 154 valence electrons. The molecule has 3 saturated heterocycles. The number of carbonyl (C=O) groups excluding carboxylic acids is 1. The quantitative estimate of drug-likeness (QED) is 0.446. The van der Waals surface area contributed by atoms with Gasteiger partial charge in [-0.2, -0.15) is 0 Å². The maximum Gasteiger partial charge on any atom is 0.173 e. The number of ketones is 1. The van der Waals surface area contributed by atoms with Gasteiger partial charge in [0.25, 0.3) is 0 Å². The van der Waals surface area contributed by atoms with Crippen molar-refractivity contribution in [1.29, 1.82) is 0 Å². The molecule has 5 atom stereocenters. The van der Waals surface area contributed by atoms with Crippen LogP contribution in [0, 0.1) is 11.8 Å². The second-order valence-electron chi connectivity index (χ2n) is 9.42. The fourth-order valence-corrected chi connectivity index (χ4v) is 6.72. The van der Waals surface area contributed by atoms with Crippen molar-refractivity contribution in [3.63, 3.8) is 0 Å². The van der Waals surface area contributed by atoms with Gasteiger partial charge in [0, 0.05) is 36.1 Å². The predicted molar refractivity (Wildman–Crippen MR) is 120 cm³/mol. The van der Waals surface area contributed by atoms with E-state index in [2.05, 4.69) is 16.3 Å². The fourth-order valence-electron chi connectivity index (χ4n) is 6.40. The summed E-state index contributed by atoms with van der Waals surface area (Å²) in [5.41, 5.74) is 3.36. The molecule has 2 N–H and O–H groups in total. The van der Waals surface area contributed by atoms with Gasteiger partial charge in [0.05, 0.1) is 25.2 Å². The molecule has 1 aromatic rings. The van der Waals surface area contributed by atoms with E-state index in [0.717, 1.165) is 40.8 Å². The molecule has 3 fully saturated rings. The van der Waals surface area contributed by atoms with E-state index >= 15 is 0 Å². The maximum atomic E-state index is 11.5. The number of fused-ring (bicyclic) bond motifs is 6. The molecule has 29 heavy (non-hydrogen) atoms. The Balaban J connectivity index is 1.35. The summed E-state index contributed by atoms with van der Waals surface area (Å²) >= 11 is 5.89. The van der Waals surface area contributed by atoms with Crippen molar-refractivity contribution in [2.24, 2.45) is 11.8 Å². The first-order chi connectivity index (χ1) is 14.1. The Morgan fingerprint density at radius 2 is 2.03 bits per heavy atom. The first kappa shape index (κ1) is 19.3. The van der Waals surface area contributed by atoms with E-state index in [1.165, 1.54) is 51.6 Å². The minimum atomic E-state index is 0.0949. The predicted octanol–water partition coefficient (Wildman–Crippen LogP) is 3.06. The minimum absolute atomic E-state index is 0.0949. The number of nitrogens with one attached hydrogen (secondary N) is 2. The molecule has 5 heteroatoms. The van der Waals surface area contributed by atoms with Gasteiger partial charge in [0.1, 0.15) is 0 Å². The number of anilines is 1. The average Bonchev–Trinajstić information content (AvgIpc) is 2.74. The van der Waals surface area contributed by atoms with Crippen LogP contribution < -0.4 is 10.2 Å². The zero-order chi connectivity index (χ0) is 20.0. The Morgan fingerprint density at radius 3 is 2.83 bits per heavy atom. The van der Waals surface area contributed by atoms with Crippen LogP contribution in [0.5, 0.6) is 0 Å². The highest BCUT2D eigenvalue weighted by molar-refractivity contribution is 7.80. The van der Waals surface area contributed by atoms with Gasteiger partial charge in [0.2, 0.25) is 0 Å². The number of hydrogen-bond donors (Lipinski definition) is 2. The average molecular weight is 411 g/mol. The van der Waals surface area contributed by atoms with Crippen LogP contribution in [-0.2, 0) is 0 Å². The first-order valence-corrected chi connectivity index (χ1v) is 11.7. The molecule has 0 saturated carbocycles. The number of thiocarbonyl (C=S) groups is 1. The van der Waals surface area contributed by atoms with Crippen LogP contribution in [0.2, 0.25) is 0 Å². The summed E-state index contributed by atoms with van der Waals surface area (Å²) in [5.74, 6) is 1.61. The molecular weight excluding hydrogens is 378 g/mol. The zero-order valence-electron chi connectivity index (χ0n) is 17.3. The number of benzene rings is 1. The van der Waals surface area contributed by atoms with Gasteiger partial charge in [-0.1, -0.05) is 11.6 Å². The van der Waals surface area contributed by atoms with E-state index in [4.69, 9.17) is 12.2 Å². The lowest BCUT2D eigenvalue weighted by molar-refractivity contribution is -0.943. The highest BCUT2D eigenvalue weighted by atomic mass is 32.1.